The van der Waals surface area contributed by atoms with E-state index in [0.29, 0.717) is 6.04 Å². The third-order valence-corrected chi connectivity index (χ3v) is 2.65. The smallest absolute Gasteiger partial charge is 0.0205 e. The van der Waals surface area contributed by atoms with Crippen molar-refractivity contribution in [2.75, 3.05) is 26.2 Å². The van der Waals surface area contributed by atoms with E-state index in [1.807, 2.05) is 0 Å². The van der Waals surface area contributed by atoms with Gasteiger partial charge in [-0.1, -0.05) is 11.6 Å². The number of nitrogens with one attached hydrogen (secondary N) is 1. The predicted octanol–water partition coefficient (Wildman–Crippen LogP) is 1.42. The van der Waals surface area contributed by atoms with Gasteiger partial charge >= 0.3 is 0 Å². The van der Waals surface area contributed by atoms with Crippen LogP contribution >= 0.6 is 11.6 Å². The van der Waals surface area contributed by atoms with Crippen molar-refractivity contribution in [3.05, 3.63) is 11.1 Å². The van der Waals surface area contributed by atoms with Gasteiger partial charge in [-0.3, -0.25) is 4.90 Å². The Hall–Kier alpha value is -0.0500. The van der Waals surface area contributed by atoms with E-state index in [0.717, 1.165) is 26.2 Å². The topological polar surface area (TPSA) is 15.3 Å². The molecule has 2 nitrogen and oxygen atoms in total. The summed E-state index contributed by atoms with van der Waals surface area (Å²) >= 11 is 5.61. The third-order valence-electron chi connectivity index (χ3n) is 2.28. The van der Waals surface area contributed by atoms with Crippen molar-refractivity contribution in [1.29, 1.82) is 0 Å². The van der Waals surface area contributed by atoms with E-state index in [4.69, 9.17) is 11.6 Å². The highest BCUT2D eigenvalue weighted by Crippen LogP contribution is 2.06. The molecule has 0 aromatic carbocycles. The third kappa shape index (κ3) is 2.77. The van der Waals surface area contributed by atoms with E-state index in [9.17, 15) is 0 Å². The summed E-state index contributed by atoms with van der Waals surface area (Å²) in [5.41, 5.74) is 2.92. The second-order valence-electron chi connectivity index (χ2n) is 3.48. The Kier molecular flexibility index (Phi) is 4.06. The summed E-state index contributed by atoms with van der Waals surface area (Å²) in [6.07, 6.45) is 0. The molecule has 0 bridgehead atoms. The maximum atomic E-state index is 5.61. The molecule has 0 aromatic rings. The molecule has 1 unspecified atom stereocenters. The number of rotatable bonds is 2. The summed E-state index contributed by atoms with van der Waals surface area (Å²) in [4.78, 5) is 2.45. The molecule has 3 heteroatoms. The van der Waals surface area contributed by atoms with Crippen LogP contribution in [-0.4, -0.2) is 37.1 Å². The van der Waals surface area contributed by atoms with Crippen LogP contribution in [0.3, 0.4) is 0 Å². The minimum absolute atomic E-state index is 0.630. The molecule has 0 amide bonds. The molecular weight excluding hydrogens is 172 g/mol. The Morgan fingerprint density at radius 2 is 2.50 bits per heavy atom. The molecule has 1 fully saturated rings. The molecule has 70 valence electrons. The molecule has 1 saturated heterocycles. The van der Waals surface area contributed by atoms with Crippen LogP contribution in [-0.2, 0) is 0 Å². The van der Waals surface area contributed by atoms with E-state index >= 15 is 0 Å². The van der Waals surface area contributed by atoms with Gasteiger partial charge < -0.3 is 5.32 Å². The first-order valence-corrected chi connectivity index (χ1v) is 4.88. The fourth-order valence-corrected chi connectivity index (χ4v) is 1.54. The largest absolute Gasteiger partial charge is 0.314 e. The number of piperazine rings is 1. The number of hydrogen-bond donors (Lipinski definition) is 1. The highest BCUT2D eigenvalue weighted by molar-refractivity contribution is 6.25. The molecule has 1 aliphatic rings. The zero-order chi connectivity index (χ0) is 8.97. The molecule has 0 spiro atoms. The summed E-state index contributed by atoms with van der Waals surface area (Å²) in [6, 6.07) is 0.630. The van der Waals surface area contributed by atoms with E-state index in [-0.39, 0.29) is 0 Å². The molecule has 0 aliphatic carbocycles. The second-order valence-corrected chi connectivity index (χ2v) is 3.70. The number of nitrogens with zero attached hydrogens (tertiary/aromatic N) is 1. The van der Waals surface area contributed by atoms with Gasteiger partial charge in [0.2, 0.25) is 0 Å². The highest BCUT2D eigenvalue weighted by Gasteiger charge is 2.16. The van der Waals surface area contributed by atoms with Crippen molar-refractivity contribution < 1.29 is 0 Å². The summed E-state index contributed by atoms with van der Waals surface area (Å²) < 4.78 is 0. The van der Waals surface area contributed by atoms with Gasteiger partial charge in [0.05, 0.1) is 0 Å². The maximum absolute atomic E-state index is 5.61. The van der Waals surface area contributed by atoms with Crippen molar-refractivity contribution in [2.45, 2.75) is 19.9 Å². The van der Waals surface area contributed by atoms with Crippen molar-refractivity contribution >= 4 is 11.6 Å². The SMILES string of the molecule is CC(=CCl)CN1CCNCC1C. The fourth-order valence-electron chi connectivity index (χ4n) is 1.47. The first-order chi connectivity index (χ1) is 5.74. The lowest BCUT2D eigenvalue weighted by atomic mass is 10.2. The molecule has 1 heterocycles. The van der Waals surface area contributed by atoms with Crippen LogP contribution in [0.15, 0.2) is 11.1 Å². The zero-order valence-corrected chi connectivity index (χ0v) is 8.56. The van der Waals surface area contributed by atoms with E-state index in [2.05, 4.69) is 24.1 Å². The Balaban J connectivity index is 2.39. The first kappa shape index (κ1) is 10.0. The lowest BCUT2D eigenvalue weighted by Crippen LogP contribution is -2.50. The normalized spacial score (nSPS) is 27.6. The Morgan fingerprint density at radius 1 is 1.75 bits per heavy atom. The van der Waals surface area contributed by atoms with Crippen LogP contribution in [0.4, 0.5) is 0 Å². The summed E-state index contributed by atoms with van der Waals surface area (Å²) in [7, 11) is 0. The maximum Gasteiger partial charge on any atom is 0.0205 e. The summed E-state index contributed by atoms with van der Waals surface area (Å²) in [6.45, 7) is 8.64. The molecule has 1 aliphatic heterocycles. The van der Waals surface area contributed by atoms with Crippen LogP contribution in [0, 0.1) is 0 Å². The predicted molar refractivity (Wildman–Crippen MR) is 53.5 cm³/mol. The molecule has 0 aromatic heterocycles. The molecule has 1 rings (SSSR count). The van der Waals surface area contributed by atoms with Gasteiger partial charge in [-0.05, 0) is 19.4 Å². The standard InChI is InChI=1S/C9H17ClN2/c1-8(5-10)7-12-4-3-11-6-9(12)2/h5,9,11H,3-4,6-7H2,1-2H3. The fraction of sp³-hybridized carbons (Fsp3) is 0.778. The monoisotopic (exact) mass is 188 g/mol. The quantitative estimate of drug-likeness (QED) is 0.706. The molecule has 12 heavy (non-hydrogen) atoms. The lowest BCUT2D eigenvalue weighted by molar-refractivity contribution is 0.188. The van der Waals surface area contributed by atoms with Gasteiger partial charge in [0.25, 0.3) is 0 Å². The van der Waals surface area contributed by atoms with Crippen molar-refractivity contribution in [1.82, 2.24) is 10.2 Å². The molecular formula is C9H17ClN2. The molecule has 1 N–H and O–H groups in total. The number of hydrogen-bond acceptors (Lipinski definition) is 2. The van der Waals surface area contributed by atoms with E-state index in [1.54, 1.807) is 5.54 Å². The van der Waals surface area contributed by atoms with Gasteiger partial charge in [-0.15, -0.1) is 0 Å². The molecule has 0 radical (unpaired) electrons. The van der Waals surface area contributed by atoms with Crippen molar-refractivity contribution in [3.63, 3.8) is 0 Å². The zero-order valence-electron chi connectivity index (χ0n) is 7.81. The minimum Gasteiger partial charge on any atom is -0.314 e. The van der Waals surface area contributed by atoms with Crippen LogP contribution in [0.5, 0.6) is 0 Å². The lowest BCUT2D eigenvalue weighted by Gasteiger charge is -2.33. The minimum atomic E-state index is 0.630. The Bertz CT molecular complexity index is 168. The average Bonchev–Trinajstić information content (AvgIpc) is 2.09. The van der Waals surface area contributed by atoms with Crippen LogP contribution in [0.2, 0.25) is 0 Å². The van der Waals surface area contributed by atoms with Crippen LogP contribution in [0.1, 0.15) is 13.8 Å². The van der Waals surface area contributed by atoms with Gasteiger partial charge in [0.15, 0.2) is 0 Å². The number of halogens is 1. The van der Waals surface area contributed by atoms with Crippen LogP contribution in [0.25, 0.3) is 0 Å². The highest BCUT2D eigenvalue weighted by atomic mass is 35.5. The van der Waals surface area contributed by atoms with Crippen molar-refractivity contribution in [3.8, 4) is 0 Å². The van der Waals surface area contributed by atoms with Crippen molar-refractivity contribution in [2.24, 2.45) is 0 Å². The van der Waals surface area contributed by atoms with E-state index < -0.39 is 0 Å². The van der Waals surface area contributed by atoms with E-state index in [1.165, 1.54) is 5.57 Å². The Morgan fingerprint density at radius 3 is 3.08 bits per heavy atom. The summed E-state index contributed by atoms with van der Waals surface area (Å²) in [5, 5.41) is 3.36. The van der Waals surface area contributed by atoms with Gasteiger partial charge in [-0.2, -0.15) is 0 Å². The van der Waals surface area contributed by atoms with Gasteiger partial charge in [0.1, 0.15) is 0 Å². The average molecular weight is 189 g/mol. The molecule has 0 saturated carbocycles. The second kappa shape index (κ2) is 4.85. The first-order valence-electron chi connectivity index (χ1n) is 4.44. The summed E-state index contributed by atoms with van der Waals surface area (Å²) in [5.74, 6) is 0. The molecule has 1 atom stereocenters. The van der Waals surface area contributed by atoms with Crippen LogP contribution < -0.4 is 5.32 Å². The van der Waals surface area contributed by atoms with Gasteiger partial charge in [-0.25, -0.2) is 0 Å². The van der Waals surface area contributed by atoms with Gasteiger partial charge in [0, 0.05) is 37.8 Å². The Labute approximate surface area is 79.6 Å².